The molecule has 0 aromatic heterocycles. The van der Waals surface area contributed by atoms with Gasteiger partial charge < -0.3 is 5.11 Å². The Bertz CT molecular complexity index is 353. The van der Waals surface area contributed by atoms with Crippen LogP contribution in [0.25, 0.3) is 0 Å². The minimum atomic E-state index is 0.298. The van der Waals surface area contributed by atoms with E-state index in [0.717, 1.165) is 37.7 Å². The van der Waals surface area contributed by atoms with Crippen molar-refractivity contribution in [1.29, 1.82) is 0 Å². The van der Waals surface area contributed by atoms with E-state index in [4.69, 9.17) is 5.11 Å². The molecule has 92 valence electrons. The number of aryl methyl sites for hydroxylation is 1. The maximum atomic E-state index is 8.63. The van der Waals surface area contributed by atoms with Gasteiger partial charge >= 0.3 is 0 Å². The van der Waals surface area contributed by atoms with Crippen molar-refractivity contribution < 1.29 is 5.11 Å². The molecule has 0 amide bonds. The van der Waals surface area contributed by atoms with Crippen LogP contribution < -0.4 is 0 Å². The number of rotatable bonds is 6. The van der Waals surface area contributed by atoms with Gasteiger partial charge in [-0.25, -0.2) is 0 Å². The Morgan fingerprint density at radius 2 is 1.82 bits per heavy atom. The first kappa shape index (κ1) is 13.8. The summed E-state index contributed by atoms with van der Waals surface area (Å²) >= 11 is 0. The molecule has 0 saturated heterocycles. The van der Waals surface area contributed by atoms with Gasteiger partial charge in [0.1, 0.15) is 0 Å². The second kappa shape index (κ2) is 8.84. The van der Waals surface area contributed by atoms with Gasteiger partial charge in [-0.15, -0.1) is 0 Å². The van der Waals surface area contributed by atoms with Gasteiger partial charge in [-0.1, -0.05) is 43.7 Å². The van der Waals surface area contributed by atoms with E-state index in [-0.39, 0.29) is 0 Å². The smallest absolute Gasteiger partial charge is 0.0431 e. The summed E-state index contributed by atoms with van der Waals surface area (Å²) in [6.07, 6.45) is 6.32. The van der Waals surface area contributed by atoms with Crippen molar-refractivity contribution in [1.82, 2.24) is 0 Å². The lowest BCUT2D eigenvalue weighted by molar-refractivity contribution is 0.283. The quantitative estimate of drug-likeness (QED) is 0.585. The van der Waals surface area contributed by atoms with Crippen molar-refractivity contribution in [3.8, 4) is 11.8 Å². The molecule has 0 aliphatic carbocycles. The highest BCUT2D eigenvalue weighted by Crippen LogP contribution is 2.06. The average Bonchev–Trinajstić information content (AvgIpc) is 2.36. The van der Waals surface area contributed by atoms with E-state index in [9.17, 15) is 0 Å². The Morgan fingerprint density at radius 3 is 2.47 bits per heavy atom. The largest absolute Gasteiger partial charge is 0.396 e. The molecule has 1 nitrogen and oxygen atoms in total. The van der Waals surface area contributed by atoms with Crippen LogP contribution >= 0.6 is 0 Å². The zero-order chi connectivity index (χ0) is 12.3. The molecule has 1 aromatic rings. The van der Waals surface area contributed by atoms with E-state index in [2.05, 4.69) is 43.0 Å². The average molecular weight is 230 g/mol. The normalized spacial score (nSPS) is 9.76. The summed E-state index contributed by atoms with van der Waals surface area (Å²) in [5.74, 6) is 6.36. The Morgan fingerprint density at radius 1 is 1.06 bits per heavy atom. The topological polar surface area (TPSA) is 20.2 Å². The molecule has 1 N–H and O–H groups in total. The van der Waals surface area contributed by atoms with E-state index in [1.54, 1.807) is 0 Å². The fourth-order valence-electron chi connectivity index (χ4n) is 1.71. The molecule has 1 aromatic carbocycles. The van der Waals surface area contributed by atoms with Crippen LogP contribution in [0.15, 0.2) is 24.3 Å². The molecule has 0 unspecified atom stereocenters. The Balaban J connectivity index is 2.33. The van der Waals surface area contributed by atoms with Gasteiger partial charge in [0, 0.05) is 18.6 Å². The SMILES string of the molecule is CCCc1ccc(C#CCCCCCO)cc1. The highest BCUT2D eigenvalue weighted by molar-refractivity contribution is 5.36. The maximum absolute atomic E-state index is 8.63. The molecule has 0 spiro atoms. The predicted octanol–water partition coefficient (Wildman–Crippen LogP) is 3.54. The Hall–Kier alpha value is -1.26. The molecule has 0 aliphatic heterocycles. The number of benzene rings is 1. The molecular weight excluding hydrogens is 208 g/mol. The monoisotopic (exact) mass is 230 g/mol. The third-order valence-corrected chi connectivity index (χ3v) is 2.69. The van der Waals surface area contributed by atoms with Gasteiger partial charge in [-0.05, 0) is 37.0 Å². The zero-order valence-corrected chi connectivity index (χ0v) is 10.7. The fraction of sp³-hybridized carbons (Fsp3) is 0.500. The molecule has 0 radical (unpaired) electrons. The highest BCUT2D eigenvalue weighted by atomic mass is 16.2. The van der Waals surface area contributed by atoms with Gasteiger partial charge in [0.05, 0.1) is 0 Å². The van der Waals surface area contributed by atoms with E-state index < -0.39 is 0 Å². The zero-order valence-electron chi connectivity index (χ0n) is 10.7. The van der Waals surface area contributed by atoms with Crippen LogP contribution in [0.1, 0.15) is 50.2 Å². The lowest BCUT2D eigenvalue weighted by atomic mass is 10.1. The van der Waals surface area contributed by atoms with Crippen LogP contribution in [0.2, 0.25) is 0 Å². The molecule has 17 heavy (non-hydrogen) atoms. The van der Waals surface area contributed by atoms with E-state index in [1.165, 1.54) is 12.0 Å². The van der Waals surface area contributed by atoms with E-state index in [0.29, 0.717) is 6.61 Å². The number of aliphatic hydroxyl groups is 1. The first-order valence-electron chi connectivity index (χ1n) is 6.55. The van der Waals surface area contributed by atoms with Gasteiger partial charge in [-0.3, -0.25) is 0 Å². The summed E-state index contributed by atoms with van der Waals surface area (Å²) in [6, 6.07) is 8.54. The first-order valence-corrected chi connectivity index (χ1v) is 6.55. The summed E-state index contributed by atoms with van der Waals surface area (Å²) < 4.78 is 0. The minimum Gasteiger partial charge on any atom is -0.396 e. The van der Waals surface area contributed by atoms with E-state index in [1.807, 2.05) is 0 Å². The Labute approximate surface area is 105 Å². The van der Waals surface area contributed by atoms with Crippen molar-refractivity contribution in [3.05, 3.63) is 35.4 Å². The molecule has 1 heteroatoms. The van der Waals surface area contributed by atoms with Crippen molar-refractivity contribution in [2.45, 2.75) is 45.4 Å². The minimum absolute atomic E-state index is 0.298. The van der Waals surface area contributed by atoms with Gasteiger partial charge in [-0.2, -0.15) is 0 Å². The van der Waals surface area contributed by atoms with Crippen molar-refractivity contribution in [3.63, 3.8) is 0 Å². The van der Waals surface area contributed by atoms with Crippen LogP contribution in [0, 0.1) is 11.8 Å². The highest BCUT2D eigenvalue weighted by Gasteiger charge is 1.90. The number of hydrogen-bond donors (Lipinski definition) is 1. The molecule has 1 rings (SSSR count). The van der Waals surface area contributed by atoms with Crippen molar-refractivity contribution in [2.24, 2.45) is 0 Å². The van der Waals surface area contributed by atoms with Crippen LogP contribution in [0.5, 0.6) is 0 Å². The third-order valence-electron chi connectivity index (χ3n) is 2.69. The second-order valence-electron chi connectivity index (χ2n) is 4.28. The molecule has 0 saturated carbocycles. The van der Waals surface area contributed by atoms with Crippen LogP contribution in [0.3, 0.4) is 0 Å². The maximum Gasteiger partial charge on any atom is 0.0431 e. The van der Waals surface area contributed by atoms with Gasteiger partial charge in [0.15, 0.2) is 0 Å². The first-order chi connectivity index (χ1) is 8.36. The van der Waals surface area contributed by atoms with Crippen LogP contribution in [0.4, 0.5) is 0 Å². The Kier molecular flexibility index (Phi) is 7.18. The summed E-state index contributed by atoms with van der Waals surface area (Å²) in [6.45, 7) is 2.49. The van der Waals surface area contributed by atoms with Crippen LogP contribution in [-0.4, -0.2) is 11.7 Å². The number of unbranched alkanes of at least 4 members (excludes halogenated alkanes) is 3. The van der Waals surface area contributed by atoms with Crippen molar-refractivity contribution >= 4 is 0 Å². The third kappa shape index (κ3) is 6.14. The summed E-state index contributed by atoms with van der Waals surface area (Å²) in [7, 11) is 0. The number of hydrogen-bond acceptors (Lipinski definition) is 1. The molecule has 0 heterocycles. The van der Waals surface area contributed by atoms with E-state index >= 15 is 0 Å². The molecule has 0 bridgehead atoms. The molecule has 0 aliphatic rings. The van der Waals surface area contributed by atoms with Crippen LogP contribution in [-0.2, 0) is 6.42 Å². The summed E-state index contributed by atoms with van der Waals surface area (Å²) in [4.78, 5) is 0. The standard InChI is InChI=1S/C16H22O/c1-2-8-15-10-12-16(13-11-15)9-6-4-3-5-7-14-17/h10-13,17H,2-5,7-8,14H2,1H3. The lowest BCUT2D eigenvalue weighted by Crippen LogP contribution is -1.83. The number of aliphatic hydroxyl groups excluding tert-OH is 1. The van der Waals surface area contributed by atoms with Crippen molar-refractivity contribution in [2.75, 3.05) is 6.61 Å². The molecular formula is C16H22O. The van der Waals surface area contributed by atoms with Gasteiger partial charge in [0.25, 0.3) is 0 Å². The summed E-state index contributed by atoms with van der Waals surface area (Å²) in [5.41, 5.74) is 2.49. The lowest BCUT2D eigenvalue weighted by Gasteiger charge is -1.97. The fourth-order valence-corrected chi connectivity index (χ4v) is 1.71. The predicted molar refractivity (Wildman–Crippen MR) is 72.9 cm³/mol. The summed E-state index contributed by atoms with van der Waals surface area (Å²) in [5, 5.41) is 8.63. The molecule has 0 atom stereocenters. The van der Waals surface area contributed by atoms with Gasteiger partial charge in [0.2, 0.25) is 0 Å². The second-order valence-corrected chi connectivity index (χ2v) is 4.28. The molecule has 0 fully saturated rings.